The van der Waals surface area contributed by atoms with E-state index in [1.165, 1.54) is 4.31 Å². The third kappa shape index (κ3) is 3.98. The quantitative estimate of drug-likeness (QED) is 0.732. The molecule has 4 nitrogen and oxygen atoms in total. The number of nitrogens with one attached hydrogen (secondary N) is 1. The predicted octanol–water partition coefficient (Wildman–Crippen LogP) is 2.11. The van der Waals surface area contributed by atoms with E-state index in [-0.39, 0.29) is 11.6 Å². The Morgan fingerprint density at radius 2 is 1.75 bits per heavy atom. The lowest BCUT2D eigenvalue weighted by atomic mass is 9.97. The summed E-state index contributed by atoms with van der Waals surface area (Å²) in [5.74, 6) is 0. The van der Waals surface area contributed by atoms with Crippen molar-refractivity contribution in [3.05, 3.63) is 0 Å². The van der Waals surface area contributed by atoms with Crippen LogP contribution in [0.15, 0.2) is 0 Å². The summed E-state index contributed by atoms with van der Waals surface area (Å²) in [6.45, 7) is 7.69. The number of halogens is 1. The van der Waals surface area contributed by atoms with Crippen LogP contribution in [-0.4, -0.2) is 36.7 Å². The molecule has 0 aromatic rings. The second-order valence-corrected chi connectivity index (χ2v) is 6.63. The Morgan fingerprint density at radius 1 is 1.31 bits per heavy atom. The molecule has 0 aliphatic carbocycles. The standard InChI is InChI=1S/C10H23BrN2O2S/c1-6-10(7-2,8-11)12-16(14,15)13(5)9(3)4/h9,12H,6-8H2,1-5H3. The van der Waals surface area contributed by atoms with E-state index in [1.54, 1.807) is 7.05 Å². The Balaban J connectivity index is 4.94. The minimum absolute atomic E-state index is 0.0424. The van der Waals surface area contributed by atoms with E-state index in [0.29, 0.717) is 5.33 Å². The summed E-state index contributed by atoms with van der Waals surface area (Å²) in [6, 6.07) is -0.0424. The molecule has 0 atom stereocenters. The first-order chi connectivity index (χ1) is 7.24. The van der Waals surface area contributed by atoms with Crippen LogP contribution in [0.1, 0.15) is 40.5 Å². The molecule has 0 aromatic carbocycles. The van der Waals surface area contributed by atoms with Crippen molar-refractivity contribution in [2.24, 2.45) is 0 Å². The van der Waals surface area contributed by atoms with Gasteiger partial charge in [0.2, 0.25) is 0 Å². The van der Waals surface area contributed by atoms with Gasteiger partial charge in [-0.15, -0.1) is 0 Å². The molecule has 98 valence electrons. The van der Waals surface area contributed by atoms with E-state index in [9.17, 15) is 8.42 Å². The van der Waals surface area contributed by atoms with Gasteiger partial charge in [0, 0.05) is 24.0 Å². The summed E-state index contributed by atoms with van der Waals surface area (Å²) in [5, 5.41) is 0.623. The van der Waals surface area contributed by atoms with Crippen LogP contribution in [0.5, 0.6) is 0 Å². The van der Waals surface area contributed by atoms with Crippen molar-refractivity contribution in [1.29, 1.82) is 0 Å². The molecule has 0 amide bonds. The summed E-state index contributed by atoms with van der Waals surface area (Å²) in [6.07, 6.45) is 1.53. The number of hydrogen-bond acceptors (Lipinski definition) is 2. The van der Waals surface area contributed by atoms with Crippen molar-refractivity contribution in [3.63, 3.8) is 0 Å². The largest absolute Gasteiger partial charge is 0.279 e. The van der Waals surface area contributed by atoms with Gasteiger partial charge in [-0.1, -0.05) is 29.8 Å². The number of nitrogens with zero attached hydrogens (tertiary/aromatic N) is 1. The normalized spacial score (nSPS) is 13.8. The lowest BCUT2D eigenvalue weighted by Crippen LogP contribution is -2.54. The Kier molecular flexibility index (Phi) is 6.47. The van der Waals surface area contributed by atoms with Crippen LogP contribution in [0.2, 0.25) is 0 Å². The van der Waals surface area contributed by atoms with Gasteiger partial charge in [-0.3, -0.25) is 0 Å². The molecule has 0 saturated carbocycles. The smallest absolute Gasteiger partial charge is 0.195 e. The molecule has 0 saturated heterocycles. The van der Waals surface area contributed by atoms with Crippen LogP contribution in [0.25, 0.3) is 0 Å². The Hall–Kier alpha value is 0.350. The highest BCUT2D eigenvalue weighted by molar-refractivity contribution is 9.09. The molecule has 1 N–H and O–H groups in total. The van der Waals surface area contributed by atoms with Gasteiger partial charge in [-0.05, 0) is 26.7 Å². The Bertz CT molecular complexity index is 292. The lowest BCUT2D eigenvalue weighted by Gasteiger charge is -2.33. The zero-order valence-corrected chi connectivity index (χ0v) is 13.2. The first-order valence-corrected chi connectivity index (χ1v) is 8.13. The fraction of sp³-hybridized carbons (Fsp3) is 1.00. The minimum atomic E-state index is -3.40. The van der Waals surface area contributed by atoms with E-state index in [2.05, 4.69) is 20.7 Å². The average Bonchev–Trinajstić information content (AvgIpc) is 2.24. The van der Waals surface area contributed by atoms with Gasteiger partial charge in [-0.25, -0.2) is 0 Å². The highest BCUT2D eigenvalue weighted by atomic mass is 79.9. The topological polar surface area (TPSA) is 49.4 Å². The number of alkyl halides is 1. The molecule has 0 aliphatic rings. The Labute approximate surface area is 108 Å². The molecule has 0 bridgehead atoms. The van der Waals surface area contributed by atoms with Gasteiger partial charge in [0.05, 0.1) is 0 Å². The molecule has 6 heteroatoms. The lowest BCUT2D eigenvalue weighted by molar-refractivity contribution is 0.354. The van der Waals surface area contributed by atoms with E-state index in [0.717, 1.165) is 12.8 Å². The molecule has 16 heavy (non-hydrogen) atoms. The number of rotatable bonds is 7. The molecule has 0 unspecified atom stereocenters. The van der Waals surface area contributed by atoms with Crippen molar-refractivity contribution in [2.75, 3.05) is 12.4 Å². The monoisotopic (exact) mass is 314 g/mol. The van der Waals surface area contributed by atoms with Crippen molar-refractivity contribution in [2.45, 2.75) is 52.1 Å². The third-order valence-corrected chi connectivity index (χ3v) is 6.01. The summed E-state index contributed by atoms with van der Waals surface area (Å²) < 4.78 is 28.3. The van der Waals surface area contributed by atoms with Crippen LogP contribution < -0.4 is 4.72 Å². The second-order valence-electron chi connectivity index (χ2n) is 4.34. The summed E-state index contributed by atoms with van der Waals surface area (Å²) in [5.41, 5.74) is -0.387. The van der Waals surface area contributed by atoms with Gasteiger partial charge in [0.15, 0.2) is 0 Å². The molecular weight excluding hydrogens is 292 g/mol. The van der Waals surface area contributed by atoms with Gasteiger partial charge in [0.25, 0.3) is 10.2 Å². The first-order valence-electron chi connectivity index (χ1n) is 5.57. The van der Waals surface area contributed by atoms with Gasteiger partial charge in [0.1, 0.15) is 0 Å². The van der Waals surface area contributed by atoms with Crippen LogP contribution in [-0.2, 0) is 10.2 Å². The Morgan fingerprint density at radius 3 is 2.00 bits per heavy atom. The molecule has 0 fully saturated rings. The highest BCUT2D eigenvalue weighted by Gasteiger charge is 2.32. The maximum Gasteiger partial charge on any atom is 0.279 e. The predicted molar refractivity (Wildman–Crippen MR) is 72.1 cm³/mol. The molecule has 0 spiro atoms. The minimum Gasteiger partial charge on any atom is -0.195 e. The van der Waals surface area contributed by atoms with E-state index < -0.39 is 10.2 Å². The molecule has 0 aliphatic heterocycles. The maximum absolute atomic E-state index is 12.1. The SMILES string of the molecule is CCC(CC)(CBr)NS(=O)(=O)N(C)C(C)C. The maximum atomic E-state index is 12.1. The van der Waals surface area contributed by atoms with Gasteiger partial charge in [-0.2, -0.15) is 17.4 Å². The second kappa shape index (κ2) is 6.33. The molecule has 0 aromatic heterocycles. The molecule has 0 radical (unpaired) electrons. The zero-order valence-electron chi connectivity index (χ0n) is 10.7. The molecule has 0 heterocycles. The van der Waals surface area contributed by atoms with Crippen LogP contribution >= 0.6 is 15.9 Å². The average molecular weight is 315 g/mol. The van der Waals surface area contributed by atoms with Crippen molar-refractivity contribution in [3.8, 4) is 0 Å². The van der Waals surface area contributed by atoms with Crippen LogP contribution in [0.3, 0.4) is 0 Å². The van der Waals surface area contributed by atoms with Crippen molar-refractivity contribution in [1.82, 2.24) is 9.03 Å². The zero-order chi connectivity index (χ0) is 13.0. The fourth-order valence-electron chi connectivity index (χ4n) is 1.23. The van der Waals surface area contributed by atoms with Crippen molar-refractivity contribution < 1.29 is 8.42 Å². The number of hydrogen-bond donors (Lipinski definition) is 1. The summed E-state index contributed by atoms with van der Waals surface area (Å²) in [4.78, 5) is 0. The van der Waals surface area contributed by atoms with E-state index in [4.69, 9.17) is 0 Å². The summed E-state index contributed by atoms with van der Waals surface area (Å²) >= 11 is 3.39. The van der Waals surface area contributed by atoms with Crippen LogP contribution in [0, 0.1) is 0 Å². The fourth-order valence-corrected chi connectivity index (χ4v) is 3.96. The van der Waals surface area contributed by atoms with Gasteiger partial charge < -0.3 is 0 Å². The van der Waals surface area contributed by atoms with Crippen molar-refractivity contribution >= 4 is 26.1 Å². The van der Waals surface area contributed by atoms with E-state index in [1.807, 2.05) is 27.7 Å². The summed E-state index contributed by atoms with van der Waals surface area (Å²) in [7, 11) is -1.81. The first kappa shape index (κ1) is 16.4. The molecule has 0 rings (SSSR count). The van der Waals surface area contributed by atoms with Crippen LogP contribution in [0.4, 0.5) is 0 Å². The molecular formula is C10H23BrN2O2S. The van der Waals surface area contributed by atoms with E-state index >= 15 is 0 Å². The highest BCUT2D eigenvalue weighted by Crippen LogP contribution is 2.20. The third-order valence-electron chi connectivity index (χ3n) is 3.06. The van der Waals surface area contributed by atoms with Gasteiger partial charge >= 0.3 is 0 Å².